The number of benzene rings is 1. The Morgan fingerprint density at radius 1 is 1.35 bits per heavy atom. The van der Waals surface area contributed by atoms with Crippen molar-refractivity contribution < 1.29 is 19.1 Å². The zero-order chi connectivity index (χ0) is 17.0. The Morgan fingerprint density at radius 3 is 2.65 bits per heavy atom. The summed E-state index contributed by atoms with van der Waals surface area (Å²) in [5.41, 5.74) is 5.89. The molecule has 0 unspecified atom stereocenters. The monoisotopic (exact) mass is 320 g/mol. The van der Waals surface area contributed by atoms with Gasteiger partial charge in [-0.25, -0.2) is 0 Å². The summed E-state index contributed by atoms with van der Waals surface area (Å²) in [6.45, 7) is 5.33. The highest BCUT2D eigenvalue weighted by atomic mass is 16.5. The zero-order valence-corrected chi connectivity index (χ0v) is 13.9. The van der Waals surface area contributed by atoms with Gasteiger partial charge in [-0.15, -0.1) is 0 Å². The molecule has 1 aliphatic rings. The van der Waals surface area contributed by atoms with Gasteiger partial charge in [0.05, 0.1) is 25.2 Å². The number of primary amides is 1. The van der Waals surface area contributed by atoms with Gasteiger partial charge in [-0.05, 0) is 24.5 Å². The second-order valence-electron chi connectivity index (χ2n) is 5.91. The zero-order valence-electron chi connectivity index (χ0n) is 13.9. The first-order valence-corrected chi connectivity index (χ1v) is 7.87. The largest absolute Gasteiger partial charge is 0.497 e. The van der Waals surface area contributed by atoms with Crippen LogP contribution >= 0.6 is 0 Å². The van der Waals surface area contributed by atoms with Crippen LogP contribution in [0.15, 0.2) is 18.2 Å². The first-order chi connectivity index (χ1) is 11.0. The van der Waals surface area contributed by atoms with Crippen molar-refractivity contribution in [1.29, 1.82) is 0 Å². The first-order valence-electron chi connectivity index (χ1n) is 7.87. The van der Waals surface area contributed by atoms with E-state index in [0.29, 0.717) is 36.8 Å². The van der Waals surface area contributed by atoms with Crippen LogP contribution in [0, 0.1) is 11.8 Å². The minimum atomic E-state index is -0.356. The number of nitrogens with zero attached hydrogens (tertiary/aromatic N) is 1. The maximum atomic E-state index is 12.8. The van der Waals surface area contributed by atoms with Crippen LogP contribution in [0.5, 0.6) is 11.5 Å². The second-order valence-corrected chi connectivity index (χ2v) is 5.91. The highest BCUT2D eigenvalue weighted by Crippen LogP contribution is 2.29. The number of nitrogens with two attached hydrogens (primary N) is 1. The molecule has 0 spiro atoms. The molecular formula is C17H24N2O4. The number of hydrogen-bond donors (Lipinski definition) is 1. The number of likely N-dealkylation sites (tertiary alicyclic amines) is 1. The predicted octanol–water partition coefficient (Wildman–Crippen LogP) is 1.68. The minimum Gasteiger partial charge on any atom is -0.497 e. The Bertz CT molecular complexity index is 588. The number of ether oxygens (including phenoxy) is 2. The van der Waals surface area contributed by atoms with Crippen LogP contribution in [0.25, 0.3) is 0 Å². The van der Waals surface area contributed by atoms with E-state index in [1.165, 1.54) is 0 Å². The Hall–Kier alpha value is -2.24. The Labute approximate surface area is 136 Å². The van der Waals surface area contributed by atoms with Crippen LogP contribution in [0.3, 0.4) is 0 Å². The van der Waals surface area contributed by atoms with Gasteiger partial charge in [-0.3, -0.25) is 9.59 Å². The van der Waals surface area contributed by atoms with Gasteiger partial charge in [0.2, 0.25) is 5.91 Å². The van der Waals surface area contributed by atoms with Crippen molar-refractivity contribution in [1.82, 2.24) is 4.90 Å². The smallest absolute Gasteiger partial charge is 0.257 e. The molecule has 23 heavy (non-hydrogen) atoms. The Kier molecular flexibility index (Phi) is 5.47. The number of rotatable bonds is 6. The van der Waals surface area contributed by atoms with Gasteiger partial charge in [0.1, 0.15) is 11.5 Å². The molecule has 2 N–H and O–H groups in total. The van der Waals surface area contributed by atoms with E-state index in [4.69, 9.17) is 15.2 Å². The predicted molar refractivity (Wildman–Crippen MR) is 86.5 cm³/mol. The third-order valence-electron chi connectivity index (χ3n) is 4.15. The lowest BCUT2D eigenvalue weighted by atomic mass is 9.98. The number of hydrogen-bond acceptors (Lipinski definition) is 4. The molecule has 126 valence electrons. The average molecular weight is 320 g/mol. The number of methoxy groups -OCH3 is 1. The van der Waals surface area contributed by atoms with Gasteiger partial charge < -0.3 is 20.1 Å². The number of amides is 2. The van der Waals surface area contributed by atoms with Gasteiger partial charge >= 0.3 is 0 Å². The molecule has 6 heteroatoms. The van der Waals surface area contributed by atoms with Crippen LogP contribution in [-0.2, 0) is 4.79 Å². The summed E-state index contributed by atoms with van der Waals surface area (Å²) >= 11 is 0. The van der Waals surface area contributed by atoms with Crippen LogP contribution in [0.1, 0.15) is 30.6 Å². The van der Waals surface area contributed by atoms with E-state index >= 15 is 0 Å². The van der Waals surface area contributed by atoms with E-state index in [0.717, 1.165) is 6.42 Å². The van der Waals surface area contributed by atoms with E-state index in [2.05, 4.69) is 0 Å². The molecular weight excluding hydrogens is 296 g/mol. The van der Waals surface area contributed by atoms with Gasteiger partial charge in [0.15, 0.2) is 0 Å². The highest BCUT2D eigenvalue weighted by Gasteiger charge is 2.36. The van der Waals surface area contributed by atoms with Crippen LogP contribution < -0.4 is 15.2 Å². The first kappa shape index (κ1) is 17.1. The minimum absolute atomic E-state index is 0.0645. The molecule has 0 radical (unpaired) electrons. The van der Waals surface area contributed by atoms with E-state index in [9.17, 15) is 9.59 Å². The summed E-state index contributed by atoms with van der Waals surface area (Å²) in [6, 6.07) is 5.15. The fourth-order valence-electron chi connectivity index (χ4n) is 2.81. The third-order valence-corrected chi connectivity index (χ3v) is 4.15. The maximum absolute atomic E-state index is 12.8. The molecule has 0 saturated carbocycles. The molecule has 1 aromatic rings. The van der Waals surface area contributed by atoms with Crippen molar-refractivity contribution >= 4 is 11.8 Å². The van der Waals surface area contributed by atoms with E-state index in [1.54, 1.807) is 30.2 Å². The lowest BCUT2D eigenvalue weighted by Gasteiger charge is -2.19. The van der Waals surface area contributed by atoms with Gasteiger partial charge in [-0.2, -0.15) is 0 Å². The van der Waals surface area contributed by atoms with E-state index < -0.39 is 0 Å². The average Bonchev–Trinajstić information content (AvgIpc) is 2.94. The molecule has 2 amide bonds. The molecule has 0 aliphatic carbocycles. The Morgan fingerprint density at radius 2 is 2.09 bits per heavy atom. The van der Waals surface area contributed by atoms with E-state index in [1.807, 2.05) is 13.8 Å². The molecule has 1 aliphatic heterocycles. The molecule has 6 nitrogen and oxygen atoms in total. The van der Waals surface area contributed by atoms with Crippen molar-refractivity contribution in [2.24, 2.45) is 17.6 Å². The second kappa shape index (κ2) is 7.35. The van der Waals surface area contributed by atoms with Gasteiger partial charge in [-0.1, -0.05) is 13.8 Å². The highest BCUT2D eigenvalue weighted by molar-refractivity contribution is 5.97. The van der Waals surface area contributed by atoms with Gasteiger partial charge in [0, 0.05) is 19.2 Å². The maximum Gasteiger partial charge on any atom is 0.257 e. The summed E-state index contributed by atoms with van der Waals surface area (Å²) in [5.74, 6) is 0.412. The topological polar surface area (TPSA) is 81.9 Å². The standard InChI is InChI=1S/C17H24N2O4/c1-4-7-23-15-8-12(22-3)5-6-13(15)17(21)19-9-11(2)14(10-19)16(18)20/h5-6,8,11,14H,4,7,9-10H2,1-3H3,(H2,18,20)/t11-,14-/m1/s1. The molecule has 1 heterocycles. The quantitative estimate of drug-likeness (QED) is 0.864. The molecule has 0 bridgehead atoms. The summed E-state index contributed by atoms with van der Waals surface area (Å²) in [4.78, 5) is 25.9. The van der Waals surface area contributed by atoms with E-state index in [-0.39, 0.29) is 23.7 Å². The molecule has 0 aromatic heterocycles. The van der Waals surface area contributed by atoms with Gasteiger partial charge in [0.25, 0.3) is 5.91 Å². The number of carbonyl (C=O) groups excluding carboxylic acids is 2. The summed E-state index contributed by atoms with van der Waals surface area (Å²) < 4.78 is 10.9. The van der Waals surface area contributed by atoms with Crippen molar-refractivity contribution in [3.63, 3.8) is 0 Å². The molecule has 2 atom stereocenters. The third kappa shape index (κ3) is 3.75. The summed E-state index contributed by atoms with van der Waals surface area (Å²) in [5, 5.41) is 0. The van der Waals surface area contributed by atoms with Crippen molar-refractivity contribution in [2.45, 2.75) is 20.3 Å². The summed E-state index contributed by atoms with van der Waals surface area (Å²) in [7, 11) is 1.57. The normalized spacial score (nSPS) is 20.4. The molecule has 2 rings (SSSR count). The SMILES string of the molecule is CCCOc1cc(OC)ccc1C(=O)N1C[C@@H](C)[C@H](C(N)=O)C1. The lowest BCUT2D eigenvalue weighted by molar-refractivity contribution is -0.122. The van der Waals surface area contributed by atoms with Crippen molar-refractivity contribution in [2.75, 3.05) is 26.8 Å². The number of carbonyl (C=O) groups is 2. The fraction of sp³-hybridized carbons (Fsp3) is 0.529. The van der Waals surface area contributed by atoms with Crippen molar-refractivity contribution in [3.8, 4) is 11.5 Å². The van der Waals surface area contributed by atoms with Crippen LogP contribution in [0.2, 0.25) is 0 Å². The molecule has 1 saturated heterocycles. The molecule has 1 fully saturated rings. The van der Waals surface area contributed by atoms with Crippen molar-refractivity contribution in [3.05, 3.63) is 23.8 Å². The summed E-state index contributed by atoms with van der Waals surface area (Å²) in [6.07, 6.45) is 0.843. The fourth-order valence-corrected chi connectivity index (χ4v) is 2.81. The molecule has 1 aromatic carbocycles. The van der Waals surface area contributed by atoms with Crippen LogP contribution in [0.4, 0.5) is 0 Å². The van der Waals surface area contributed by atoms with Crippen LogP contribution in [-0.4, -0.2) is 43.5 Å². The Balaban J connectivity index is 2.23. The lowest BCUT2D eigenvalue weighted by Crippen LogP contribution is -2.32.